The van der Waals surface area contributed by atoms with Gasteiger partial charge in [0.2, 0.25) is 0 Å². The number of aliphatic carboxylic acids is 1. The largest absolute Gasteiger partial charge is 0.573 e. The van der Waals surface area contributed by atoms with Crippen molar-refractivity contribution in [2.75, 3.05) is 0 Å². The molecule has 110 valence electrons. The van der Waals surface area contributed by atoms with Gasteiger partial charge in [-0.15, -0.1) is 13.2 Å². The molecule has 0 amide bonds. The number of benzene rings is 1. The van der Waals surface area contributed by atoms with Gasteiger partial charge in [-0.3, -0.25) is 4.79 Å². The Hall–Kier alpha value is -1.72. The molecule has 0 saturated heterocycles. The van der Waals surface area contributed by atoms with Crippen molar-refractivity contribution in [3.63, 3.8) is 0 Å². The van der Waals surface area contributed by atoms with E-state index in [-0.39, 0.29) is 17.6 Å². The van der Waals surface area contributed by atoms with Crippen molar-refractivity contribution >= 4 is 5.97 Å². The standard InChI is InChI=1S/C14H15F3O3/c15-14(16,17)20-12-3-1-2-11(8-12)9-4-6-10(7-5-9)13(18)19/h1-3,8-10H,4-7H2,(H,18,19)/t9-,10-. The van der Waals surface area contributed by atoms with Crippen LogP contribution in [0, 0.1) is 5.92 Å². The number of halogens is 3. The molecule has 1 aliphatic rings. The summed E-state index contributed by atoms with van der Waals surface area (Å²) in [6.45, 7) is 0. The SMILES string of the molecule is O=C(O)[C@H]1CC[C@H](c2cccc(OC(F)(F)F)c2)CC1. The van der Waals surface area contributed by atoms with E-state index in [0.717, 1.165) is 5.56 Å². The van der Waals surface area contributed by atoms with Gasteiger partial charge in [0.15, 0.2) is 0 Å². The van der Waals surface area contributed by atoms with E-state index >= 15 is 0 Å². The molecule has 1 saturated carbocycles. The summed E-state index contributed by atoms with van der Waals surface area (Å²) in [5.74, 6) is -1.25. The molecule has 1 aliphatic carbocycles. The summed E-state index contributed by atoms with van der Waals surface area (Å²) >= 11 is 0. The van der Waals surface area contributed by atoms with Gasteiger partial charge in [-0.1, -0.05) is 12.1 Å². The highest BCUT2D eigenvalue weighted by Crippen LogP contribution is 2.37. The van der Waals surface area contributed by atoms with Gasteiger partial charge in [-0.2, -0.15) is 0 Å². The average molecular weight is 288 g/mol. The van der Waals surface area contributed by atoms with Gasteiger partial charge in [0.25, 0.3) is 0 Å². The second-order valence-electron chi connectivity index (χ2n) is 5.01. The summed E-state index contributed by atoms with van der Waals surface area (Å²) in [4.78, 5) is 10.9. The first-order chi connectivity index (χ1) is 9.35. The van der Waals surface area contributed by atoms with E-state index in [1.807, 2.05) is 0 Å². The molecule has 6 heteroatoms. The van der Waals surface area contributed by atoms with E-state index in [4.69, 9.17) is 5.11 Å². The maximum Gasteiger partial charge on any atom is 0.573 e. The molecule has 3 nitrogen and oxygen atoms in total. The maximum absolute atomic E-state index is 12.2. The highest BCUT2D eigenvalue weighted by molar-refractivity contribution is 5.70. The Morgan fingerprint density at radius 2 is 1.85 bits per heavy atom. The van der Waals surface area contributed by atoms with Crippen molar-refractivity contribution in [2.45, 2.75) is 38.0 Å². The van der Waals surface area contributed by atoms with Crippen LogP contribution in [-0.4, -0.2) is 17.4 Å². The van der Waals surface area contributed by atoms with Crippen molar-refractivity contribution in [1.29, 1.82) is 0 Å². The van der Waals surface area contributed by atoms with Crippen LogP contribution in [0.3, 0.4) is 0 Å². The third-order valence-corrected chi connectivity index (χ3v) is 3.64. The van der Waals surface area contributed by atoms with Crippen molar-refractivity contribution in [1.82, 2.24) is 0 Å². The van der Waals surface area contributed by atoms with Gasteiger partial charge in [-0.25, -0.2) is 0 Å². The fourth-order valence-electron chi connectivity index (χ4n) is 2.64. The second kappa shape index (κ2) is 5.73. The summed E-state index contributed by atoms with van der Waals surface area (Å²) in [7, 11) is 0. The number of alkyl halides is 3. The molecule has 0 radical (unpaired) electrons. The fraction of sp³-hybridized carbons (Fsp3) is 0.500. The summed E-state index contributed by atoms with van der Waals surface area (Å²) in [6.07, 6.45) is -2.23. The minimum atomic E-state index is -4.69. The van der Waals surface area contributed by atoms with Crippen LogP contribution in [0.15, 0.2) is 24.3 Å². The van der Waals surface area contributed by atoms with Crippen LogP contribution in [0.25, 0.3) is 0 Å². The smallest absolute Gasteiger partial charge is 0.481 e. The topological polar surface area (TPSA) is 46.5 Å². The van der Waals surface area contributed by atoms with Gasteiger partial charge in [0, 0.05) is 0 Å². The van der Waals surface area contributed by atoms with Crippen LogP contribution < -0.4 is 4.74 Å². The quantitative estimate of drug-likeness (QED) is 0.916. The van der Waals surface area contributed by atoms with Gasteiger partial charge >= 0.3 is 12.3 Å². The molecule has 0 bridgehead atoms. The molecule has 1 aromatic rings. The van der Waals surface area contributed by atoms with Gasteiger partial charge in [0.05, 0.1) is 5.92 Å². The first-order valence-electron chi connectivity index (χ1n) is 6.43. The number of carbonyl (C=O) groups is 1. The van der Waals surface area contributed by atoms with Crippen molar-refractivity contribution in [2.24, 2.45) is 5.92 Å². The molecule has 0 aromatic heterocycles. The van der Waals surface area contributed by atoms with Crippen LogP contribution in [0.2, 0.25) is 0 Å². The van der Waals surface area contributed by atoms with Crippen LogP contribution in [0.1, 0.15) is 37.2 Å². The lowest BCUT2D eigenvalue weighted by atomic mass is 9.79. The first-order valence-corrected chi connectivity index (χ1v) is 6.43. The lowest BCUT2D eigenvalue weighted by Crippen LogP contribution is -2.21. The number of rotatable bonds is 3. The molecule has 0 unspecified atom stereocenters. The normalized spacial score (nSPS) is 23.4. The number of hydrogen-bond acceptors (Lipinski definition) is 2. The maximum atomic E-state index is 12.2. The molecule has 0 spiro atoms. The average Bonchev–Trinajstić information content (AvgIpc) is 2.37. The molecule has 1 aromatic carbocycles. The molecular weight excluding hydrogens is 273 g/mol. The Morgan fingerprint density at radius 3 is 2.40 bits per heavy atom. The zero-order valence-electron chi connectivity index (χ0n) is 10.7. The number of ether oxygens (including phenoxy) is 1. The summed E-state index contributed by atoms with van der Waals surface area (Å²) in [5, 5.41) is 8.92. The van der Waals surface area contributed by atoms with E-state index in [1.54, 1.807) is 6.07 Å². The minimum Gasteiger partial charge on any atom is -0.481 e. The van der Waals surface area contributed by atoms with Gasteiger partial charge < -0.3 is 9.84 Å². The first kappa shape index (κ1) is 14.7. The van der Waals surface area contributed by atoms with Crippen molar-refractivity contribution in [3.8, 4) is 5.75 Å². The third-order valence-electron chi connectivity index (χ3n) is 3.64. The van der Waals surface area contributed by atoms with E-state index in [9.17, 15) is 18.0 Å². The molecule has 0 heterocycles. The predicted octanol–water partition coefficient (Wildman–Crippen LogP) is 3.94. The summed E-state index contributed by atoms with van der Waals surface area (Å²) < 4.78 is 40.4. The molecule has 1 N–H and O–H groups in total. The second-order valence-corrected chi connectivity index (χ2v) is 5.01. The Labute approximate surface area is 114 Å². The van der Waals surface area contributed by atoms with Gasteiger partial charge in [-0.05, 0) is 49.3 Å². The molecule has 1 fully saturated rings. The fourth-order valence-corrected chi connectivity index (χ4v) is 2.64. The Balaban J connectivity index is 2.03. The summed E-state index contributed by atoms with van der Waals surface area (Å²) in [6, 6.07) is 5.94. The highest BCUT2D eigenvalue weighted by Gasteiger charge is 2.32. The number of carboxylic acids is 1. The van der Waals surface area contributed by atoms with Crippen molar-refractivity contribution in [3.05, 3.63) is 29.8 Å². The lowest BCUT2D eigenvalue weighted by Gasteiger charge is -2.26. The molecule has 0 atom stereocenters. The van der Waals surface area contributed by atoms with E-state index < -0.39 is 12.3 Å². The van der Waals surface area contributed by atoms with E-state index in [0.29, 0.717) is 25.7 Å². The molecule has 2 rings (SSSR count). The van der Waals surface area contributed by atoms with E-state index in [2.05, 4.69) is 4.74 Å². The Kier molecular flexibility index (Phi) is 4.20. The number of carboxylic acid groups (broad SMARTS) is 1. The zero-order chi connectivity index (χ0) is 14.8. The highest BCUT2D eigenvalue weighted by atomic mass is 19.4. The third kappa shape index (κ3) is 3.88. The van der Waals surface area contributed by atoms with Crippen LogP contribution in [0.5, 0.6) is 5.75 Å². The van der Waals surface area contributed by atoms with Gasteiger partial charge in [0.1, 0.15) is 5.75 Å². The minimum absolute atomic E-state index is 0.0994. The van der Waals surface area contributed by atoms with Crippen LogP contribution >= 0.6 is 0 Å². The lowest BCUT2D eigenvalue weighted by molar-refractivity contribution is -0.274. The zero-order valence-corrected chi connectivity index (χ0v) is 10.7. The summed E-state index contributed by atoms with van der Waals surface area (Å²) in [5.41, 5.74) is 0.774. The Bertz CT molecular complexity index is 477. The number of hydrogen-bond donors (Lipinski definition) is 1. The van der Waals surface area contributed by atoms with Crippen LogP contribution in [-0.2, 0) is 4.79 Å². The monoisotopic (exact) mass is 288 g/mol. The molecule has 0 aliphatic heterocycles. The van der Waals surface area contributed by atoms with Crippen LogP contribution in [0.4, 0.5) is 13.2 Å². The van der Waals surface area contributed by atoms with E-state index in [1.165, 1.54) is 18.2 Å². The molecule has 20 heavy (non-hydrogen) atoms. The Morgan fingerprint density at radius 1 is 1.20 bits per heavy atom. The van der Waals surface area contributed by atoms with Crippen molar-refractivity contribution < 1.29 is 27.8 Å². The predicted molar refractivity (Wildman–Crippen MR) is 65.5 cm³/mol. The molecular formula is C14H15F3O3.